The van der Waals surface area contributed by atoms with Crippen LogP contribution in [0.1, 0.15) is 105 Å². The van der Waals surface area contributed by atoms with Gasteiger partial charge < -0.3 is 65.5 Å². The van der Waals surface area contributed by atoms with Crippen LogP contribution in [-0.2, 0) is 75.0 Å². The molecule has 0 radical (unpaired) electrons. The molecular formula is C24H42MoN2S4-8. The van der Waals surface area contributed by atoms with Crippen LogP contribution in [-0.4, -0.2) is 11.1 Å². The van der Waals surface area contributed by atoms with Gasteiger partial charge in [-0.3, -0.25) is 0 Å². The summed E-state index contributed by atoms with van der Waals surface area (Å²) in [5.41, 5.74) is 15.8. The van der Waals surface area contributed by atoms with Gasteiger partial charge in [0, 0.05) is 32.1 Å². The van der Waals surface area contributed by atoms with Crippen molar-refractivity contribution < 1.29 is 21.1 Å². The molecule has 8 rings (SSSR count). The fourth-order valence-corrected chi connectivity index (χ4v) is 11.1. The molecule has 7 heteroatoms. The monoisotopic (exact) mass is 584 g/mol. The first-order valence-electron chi connectivity index (χ1n) is 11.4. The van der Waals surface area contributed by atoms with Crippen molar-refractivity contribution in [1.29, 1.82) is 0 Å². The van der Waals surface area contributed by atoms with E-state index in [1.165, 1.54) is 77.0 Å². The zero-order chi connectivity index (χ0) is 18.6. The molecule has 0 aromatic carbocycles. The third-order valence-electron chi connectivity index (χ3n) is 9.34. The second kappa shape index (κ2) is 9.81. The SMILES string of the molecule is CC12CC3CC(C)(C1)CC(N)(C3)C2.CC12CC3CC(C)(C1)CC(N)(C3)C2.[Mo].[S-2].[S-2].[S-2].[S-2]. The normalized spacial score (nSPS) is 54.0. The van der Waals surface area contributed by atoms with E-state index in [2.05, 4.69) is 27.7 Å². The van der Waals surface area contributed by atoms with Crippen LogP contribution in [0.2, 0.25) is 0 Å². The molecule has 186 valence electrons. The summed E-state index contributed by atoms with van der Waals surface area (Å²) in [6, 6.07) is 0. The minimum absolute atomic E-state index is 0. The predicted molar refractivity (Wildman–Crippen MR) is 138 cm³/mol. The molecule has 0 aliphatic heterocycles. The van der Waals surface area contributed by atoms with Gasteiger partial charge in [0.15, 0.2) is 0 Å². The molecule has 0 aromatic heterocycles. The standard InChI is InChI=1S/2C12H21N.Mo.4S/c2*1-10-3-9-4-11(2,6-10)8-12(13,5-9)7-10;;;;;/h2*9H,3-8,13H2,1-2H3;;;;;/q;;;4*-2. The zero-order valence-electron chi connectivity index (χ0n) is 19.8. The van der Waals surface area contributed by atoms with Crippen LogP contribution >= 0.6 is 0 Å². The van der Waals surface area contributed by atoms with Crippen LogP contribution in [0.3, 0.4) is 0 Å². The Morgan fingerprint density at radius 3 is 0.839 bits per heavy atom. The molecule has 8 aliphatic carbocycles. The van der Waals surface area contributed by atoms with Crippen molar-refractivity contribution in [2.24, 2.45) is 45.0 Å². The van der Waals surface area contributed by atoms with Crippen molar-refractivity contribution in [3.63, 3.8) is 0 Å². The molecule has 2 nitrogen and oxygen atoms in total. The third-order valence-corrected chi connectivity index (χ3v) is 9.34. The van der Waals surface area contributed by atoms with Crippen LogP contribution in [0.15, 0.2) is 0 Å². The maximum atomic E-state index is 6.49. The molecule has 8 aliphatic rings. The molecule has 4 unspecified atom stereocenters. The number of hydrogen-bond donors (Lipinski definition) is 2. The van der Waals surface area contributed by atoms with E-state index in [0.717, 1.165) is 11.8 Å². The second-order valence-corrected chi connectivity index (χ2v) is 14.0. The quantitative estimate of drug-likeness (QED) is 0.377. The van der Waals surface area contributed by atoms with Crippen LogP contribution < -0.4 is 11.5 Å². The fourth-order valence-electron chi connectivity index (χ4n) is 11.1. The first-order valence-corrected chi connectivity index (χ1v) is 11.4. The van der Waals surface area contributed by atoms with Gasteiger partial charge >= 0.3 is 0 Å². The molecule has 4 atom stereocenters. The van der Waals surface area contributed by atoms with Crippen LogP contribution in [0, 0.1) is 33.5 Å². The van der Waals surface area contributed by atoms with Crippen LogP contribution in [0.5, 0.6) is 0 Å². The molecule has 8 bridgehead atoms. The summed E-state index contributed by atoms with van der Waals surface area (Å²) >= 11 is 0. The van der Waals surface area contributed by atoms with Gasteiger partial charge in [-0.15, -0.1) is 0 Å². The minimum Gasteiger partial charge on any atom is -2.00 e. The van der Waals surface area contributed by atoms with E-state index in [4.69, 9.17) is 11.5 Å². The van der Waals surface area contributed by atoms with Crippen molar-refractivity contribution in [3.05, 3.63) is 0 Å². The Labute approximate surface area is 234 Å². The van der Waals surface area contributed by atoms with Crippen molar-refractivity contribution in [2.75, 3.05) is 0 Å². The Hall–Kier alpha value is 2.01. The summed E-state index contributed by atoms with van der Waals surface area (Å²) in [6.45, 7) is 9.88. The Bertz CT molecular complexity index is 491. The first-order chi connectivity index (χ1) is 11.8. The van der Waals surface area contributed by atoms with Crippen molar-refractivity contribution in [3.8, 4) is 0 Å². The van der Waals surface area contributed by atoms with E-state index < -0.39 is 0 Å². The molecule has 0 aromatic rings. The summed E-state index contributed by atoms with van der Waals surface area (Å²) in [5.74, 6) is 1.91. The van der Waals surface area contributed by atoms with Gasteiger partial charge in [-0.1, -0.05) is 27.7 Å². The maximum absolute atomic E-state index is 6.49. The Morgan fingerprint density at radius 2 is 0.677 bits per heavy atom. The van der Waals surface area contributed by atoms with Crippen molar-refractivity contribution >= 4 is 54.0 Å². The smallest absolute Gasteiger partial charge is 0.0167 e. The Balaban J connectivity index is 0.000000500. The molecule has 31 heavy (non-hydrogen) atoms. The summed E-state index contributed by atoms with van der Waals surface area (Å²) in [6.07, 6.45) is 16.5. The predicted octanol–water partition coefficient (Wildman–Crippen LogP) is 5.38. The van der Waals surface area contributed by atoms with E-state index in [0.29, 0.717) is 21.7 Å². The fraction of sp³-hybridized carbons (Fsp3) is 1.00. The van der Waals surface area contributed by atoms with Crippen molar-refractivity contribution in [1.82, 2.24) is 0 Å². The summed E-state index contributed by atoms with van der Waals surface area (Å²) < 4.78 is 0. The largest absolute Gasteiger partial charge is 2.00 e. The Kier molecular flexibility index (Phi) is 10.4. The summed E-state index contributed by atoms with van der Waals surface area (Å²) in [5, 5.41) is 0. The molecule has 4 N–H and O–H groups in total. The molecule has 0 heterocycles. The number of hydrogen-bond acceptors (Lipinski definition) is 2. The van der Waals surface area contributed by atoms with E-state index >= 15 is 0 Å². The second-order valence-electron chi connectivity index (χ2n) is 14.0. The van der Waals surface area contributed by atoms with E-state index in [-0.39, 0.29) is 86.1 Å². The molecule has 0 saturated heterocycles. The van der Waals surface area contributed by atoms with Gasteiger partial charge in [0.05, 0.1) is 0 Å². The zero-order valence-corrected chi connectivity index (χ0v) is 25.1. The molecule has 0 spiro atoms. The van der Waals surface area contributed by atoms with Crippen LogP contribution in [0.4, 0.5) is 0 Å². The van der Waals surface area contributed by atoms with Gasteiger partial charge in [0.25, 0.3) is 0 Å². The minimum atomic E-state index is 0. The van der Waals surface area contributed by atoms with E-state index in [9.17, 15) is 0 Å². The van der Waals surface area contributed by atoms with Crippen molar-refractivity contribution in [2.45, 2.75) is 116 Å². The van der Waals surface area contributed by atoms with Gasteiger partial charge in [-0.05, 0) is 111 Å². The van der Waals surface area contributed by atoms with Gasteiger partial charge in [-0.25, -0.2) is 0 Å². The number of nitrogens with two attached hydrogens (primary N) is 2. The maximum Gasteiger partial charge on any atom is 0.0167 e. The molecular weight excluding hydrogens is 540 g/mol. The van der Waals surface area contributed by atoms with Gasteiger partial charge in [-0.2, -0.15) is 0 Å². The average Bonchev–Trinajstić information content (AvgIpc) is 2.25. The third kappa shape index (κ3) is 6.23. The summed E-state index contributed by atoms with van der Waals surface area (Å²) in [7, 11) is 0. The van der Waals surface area contributed by atoms with E-state index in [1.54, 1.807) is 0 Å². The Morgan fingerprint density at radius 1 is 0.452 bits per heavy atom. The summed E-state index contributed by atoms with van der Waals surface area (Å²) in [4.78, 5) is 0. The van der Waals surface area contributed by atoms with Gasteiger partial charge in [0.2, 0.25) is 0 Å². The number of rotatable bonds is 0. The molecule has 8 fully saturated rings. The molecule has 8 saturated carbocycles. The van der Waals surface area contributed by atoms with Crippen LogP contribution in [0.25, 0.3) is 0 Å². The topological polar surface area (TPSA) is 52.0 Å². The average molecular weight is 583 g/mol. The van der Waals surface area contributed by atoms with Gasteiger partial charge in [0.1, 0.15) is 0 Å². The van der Waals surface area contributed by atoms with E-state index in [1.807, 2.05) is 0 Å². The first kappa shape index (κ1) is 33.0. The molecule has 0 amide bonds.